The molecule has 0 bridgehead atoms. The number of pyridine rings is 1. The number of nitrogens with zero attached hydrogens (tertiary/aromatic N) is 3. The van der Waals surface area contributed by atoms with Gasteiger partial charge in [-0.25, -0.2) is 4.98 Å². The smallest absolute Gasteiger partial charge is 0.311 e. The molecule has 2 aromatic rings. The van der Waals surface area contributed by atoms with Gasteiger partial charge in [-0.15, -0.1) is 0 Å². The molecular weight excluding hydrogens is 300 g/mol. The summed E-state index contributed by atoms with van der Waals surface area (Å²) in [5, 5.41) is 13.6. The highest BCUT2D eigenvalue weighted by molar-refractivity contribution is 6.04. The van der Waals surface area contributed by atoms with Gasteiger partial charge in [0.05, 0.1) is 23.9 Å². The molecule has 23 heavy (non-hydrogen) atoms. The Morgan fingerprint density at radius 2 is 2.04 bits per heavy atom. The highest BCUT2D eigenvalue weighted by Gasteiger charge is 2.18. The number of rotatable bonds is 5. The zero-order valence-electron chi connectivity index (χ0n) is 12.9. The van der Waals surface area contributed by atoms with Crippen molar-refractivity contribution in [3.8, 4) is 5.75 Å². The number of aromatic nitrogens is 1. The molecule has 120 valence electrons. The van der Waals surface area contributed by atoms with E-state index in [-0.39, 0.29) is 17.0 Å². The summed E-state index contributed by atoms with van der Waals surface area (Å²) in [5.74, 6) is 0.391. The molecule has 8 heteroatoms. The Kier molecular flexibility index (Phi) is 4.75. The molecule has 1 N–H and O–H groups in total. The summed E-state index contributed by atoms with van der Waals surface area (Å²) in [7, 11) is 5.05. The second kappa shape index (κ2) is 6.73. The molecular formula is C15H16N4O4. The second-order valence-electron chi connectivity index (χ2n) is 4.90. The lowest BCUT2D eigenvalue weighted by atomic mass is 10.1. The lowest BCUT2D eigenvalue weighted by Gasteiger charge is -2.11. The van der Waals surface area contributed by atoms with Crippen molar-refractivity contribution in [2.45, 2.75) is 0 Å². The topological polar surface area (TPSA) is 97.6 Å². The Hall–Kier alpha value is -3.16. The van der Waals surface area contributed by atoms with Crippen LogP contribution in [0.5, 0.6) is 5.75 Å². The molecule has 0 spiro atoms. The third kappa shape index (κ3) is 3.73. The van der Waals surface area contributed by atoms with Gasteiger partial charge in [-0.1, -0.05) is 0 Å². The van der Waals surface area contributed by atoms with Gasteiger partial charge in [-0.05, 0) is 24.3 Å². The Balaban J connectivity index is 2.20. The summed E-state index contributed by atoms with van der Waals surface area (Å²) < 4.78 is 4.91. The first-order valence-corrected chi connectivity index (χ1v) is 6.69. The molecule has 0 aliphatic rings. The molecule has 0 unspecified atom stereocenters. The molecule has 1 aromatic carbocycles. The number of nitro benzene ring substituents is 1. The Bertz CT molecular complexity index is 729. The normalized spacial score (nSPS) is 10.0. The van der Waals surface area contributed by atoms with Crippen LogP contribution in [-0.4, -0.2) is 37.0 Å². The Morgan fingerprint density at radius 3 is 2.57 bits per heavy atom. The minimum Gasteiger partial charge on any atom is -0.490 e. The van der Waals surface area contributed by atoms with Crippen LogP contribution in [0.3, 0.4) is 0 Å². The van der Waals surface area contributed by atoms with E-state index >= 15 is 0 Å². The van der Waals surface area contributed by atoms with Crippen molar-refractivity contribution in [1.82, 2.24) is 4.98 Å². The van der Waals surface area contributed by atoms with E-state index in [0.29, 0.717) is 5.69 Å². The van der Waals surface area contributed by atoms with Gasteiger partial charge < -0.3 is 15.0 Å². The van der Waals surface area contributed by atoms with E-state index < -0.39 is 10.8 Å². The number of anilines is 2. The fourth-order valence-electron chi connectivity index (χ4n) is 1.90. The molecule has 0 aliphatic carbocycles. The van der Waals surface area contributed by atoms with Crippen molar-refractivity contribution in [2.75, 3.05) is 31.4 Å². The van der Waals surface area contributed by atoms with Crippen molar-refractivity contribution < 1.29 is 14.5 Å². The van der Waals surface area contributed by atoms with Gasteiger partial charge in [0.25, 0.3) is 5.91 Å². The standard InChI is InChI=1S/C15H16N4O4/c1-18(2)14-7-5-11(9-16-14)17-15(20)10-4-6-13(23-3)12(8-10)19(21)22/h4-9H,1-3H3,(H,17,20). The van der Waals surface area contributed by atoms with Crippen molar-refractivity contribution in [3.63, 3.8) is 0 Å². The maximum Gasteiger partial charge on any atom is 0.311 e. The van der Waals surface area contributed by atoms with Gasteiger partial charge >= 0.3 is 5.69 Å². The van der Waals surface area contributed by atoms with Crippen molar-refractivity contribution in [1.29, 1.82) is 0 Å². The van der Waals surface area contributed by atoms with Crippen LogP contribution in [0, 0.1) is 10.1 Å². The maximum atomic E-state index is 12.2. The molecule has 0 saturated carbocycles. The Labute approximate surface area is 132 Å². The summed E-state index contributed by atoms with van der Waals surface area (Å²) in [4.78, 5) is 28.6. The summed E-state index contributed by atoms with van der Waals surface area (Å²) in [6.07, 6.45) is 1.52. The largest absolute Gasteiger partial charge is 0.490 e. The van der Waals surface area contributed by atoms with E-state index in [0.717, 1.165) is 5.82 Å². The van der Waals surface area contributed by atoms with Crippen molar-refractivity contribution >= 4 is 23.1 Å². The molecule has 8 nitrogen and oxygen atoms in total. The van der Waals surface area contributed by atoms with Crippen LogP contribution < -0.4 is 15.0 Å². The summed E-state index contributed by atoms with van der Waals surface area (Å²) in [6, 6.07) is 7.49. The number of hydrogen-bond donors (Lipinski definition) is 1. The number of methoxy groups -OCH3 is 1. The van der Waals surface area contributed by atoms with Gasteiger partial charge in [-0.2, -0.15) is 0 Å². The number of hydrogen-bond acceptors (Lipinski definition) is 6. The SMILES string of the molecule is COc1ccc(C(=O)Nc2ccc(N(C)C)nc2)cc1[N+](=O)[O-]. The average molecular weight is 316 g/mol. The predicted octanol–water partition coefficient (Wildman–Crippen LogP) is 2.32. The van der Waals surface area contributed by atoms with E-state index in [1.807, 2.05) is 19.0 Å². The first-order chi connectivity index (χ1) is 10.9. The molecule has 0 radical (unpaired) electrons. The minimum absolute atomic E-state index is 0.101. The van der Waals surface area contributed by atoms with E-state index in [4.69, 9.17) is 4.74 Å². The van der Waals surface area contributed by atoms with Gasteiger partial charge in [0.2, 0.25) is 0 Å². The predicted molar refractivity (Wildman–Crippen MR) is 86.2 cm³/mol. The van der Waals surface area contributed by atoms with Gasteiger partial charge in [0, 0.05) is 25.7 Å². The number of nitrogens with one attached hydrogen (secondary N) is 1. The second-order valence-corrected chi connectivity index (χ2v) is 4.90. The monoisotopic (exact) mass is 316 g/mol. The van der Waals surface area contributed by atoms with E-state index in [1.54, 1.807) is 12.1 Å². The average Bonchev–Trinajstić information content (AvgIpc) is 2.54. The molecule has 0 aliphatic heterocycles. The van der Waals surface area contributed by atoms with E-state index in [2.05, 4.69) is 10.3 Å². The van der Waals surface area contributed by atoms with Gasteiger partial charge in [-0.3, -0.25) is 14.9 Å². The summed E-state index contributed by atoms with van der Waals surface area (Å²) >= 11 is 0. The highest BCUT2D eigenvalue weighted by atomic mass is 16.6. The van der Waals surface area contributed by atoms with Crippen LogP contribution in [0.1, 0.15) is 10.4 Å². The number of carbonyl (C=O) groups is 1. The molecule has 1 aromatic heterocycles. The number of ether oxygens (including phenoxy) is 1. The fourth-order valence-corrected chi connectivity index (χ4v) is 1.90. The van der Waals surface area contributed by atoms with Crippen molar-refractivity contribution in [3.05, 3.63) is 52.2 Å². The van der Waals surface area contributed by atoms with E-state index in [1.165, 1.54) is 31.5 Å². The van der Waals surface area contributed by atoms with Crippen LogP contribution in [0.2, 0.25) is 0 Å². The minimum atomic E-state index is -0.594. The van der Waals surface area contributed by atoms with Crippen LogP contribution in [0.25, 0.3) is 0 Å². The molecule has 0 fully saturated rings. The van der Waals surface area contributed by atoms with Gasteiger partial charge in [0.1, 0.15) is 5.82 Å². The maximum absolute atomic E-state index is 12.2. The molecule has 0 saturated heterocycles. The lowest BCUT2D eigenvalue weighted by Crippen LogP contribution is -2.14. The molecule has 0 atom stereocenters. The van der Waals surface area contributed by atoms with Crippen molar-refractivity contribution in [2.24, 2.45) is 0 Å². The summed E-state index contributed by atoms with van der Waals surface area (Å²) in [6.45, 7) is 0. The van der Waals surface area contributed by atoms with Crippen LogP contribution in [0.4, 0.5) is 17.2 Å². The third-order valence-corrected chi connectivity index (χ3v) is 3.10. The molecule has 1 amide bonds. The van der Waals surface area contributed by atoms with Crippen LogP contribution in [-0.2, 0) is 0 Å². The zero-order chi connectivity index (χ0) is 17.0. The number of carbonyl (C=O) groups excluding carboxylic acids is 1. The fraction of sp³-hybridized carbons (Fsp3) is 0.200. The summed E-state index contributed by atoms with van der Waals surface area (Å²) in [5.41, 5.74) is 0.398. The number of amides is 1. The highest BCUT2D eigenvalue weighted by Crippen LogP contribution is 2.27. The first-order valence-electron chi connectivity index (χ1n) is 6.69. The first kappa shape index (κ1) is 16.2. The number of benzene rings is 1. The van der Waals surface area contributed by atoms with Crippen LogP contribution in [0.15, 0.2) is 36.5 Å². The van der Waals surface area contributed by atoms with Gasteiger partial charge in [0.15, 0.2) is 5.75 Å². The molecule has 1 heterocycles. The Morgan fingerprint density at radius 1 is 1.30 bits per heavy atom. The molecule has 2 rings (SSSR count). The lowest BCUT2D eigenvalue weighted by molar-refractivity contribution is -0.385. The van der Waals surface area contributed by atoms with E-state index in [9.17, 15) is 14.9 Å². The van der Waals surface area contributed by atoms with Crippen LogP contribution >= 0.6 is 0 Å². The zero-order valence-corrected chi connectivity index (χ0v) is 12.9. The quantitative estimate of drug-likeness (QED) is 0.671. The third-order valence-electron chi connectivity index (χ3n) is 3.10. The number of nitro groups is 1.